The van der Waals surface area contributed by atoms with Crippen LogP contribution in [0.5, 0.6) is 0 Å². The van der Waals surface area contributed by atoms with E-state index in [1.54, 1.807) is 50.0 Å². The minimum atomic E-state index is -0.486. The third-order valence-electron chi connectivity index (χ3n) is 6.19. The van der Waals surface area contributed by atoms with Crippen LogP contribution in [0.1, 0.15) is 11.1 Å². The molecule has 2 N–H and O–H groups in total. The summed E-state index contributed by atoms with van der Waals surface area (Å²) < 4.78 is 1.91. The smallest absolute Gasteiger partial charge is 0.261 e. The van der Waals surface area contributed by atoms with Gasteiger partial charge in [-0.15, -0.1) is 0 Å². The molecule has 1 amide bonds. The summed E-state index contributed by atoms with van der Waals surface area (Å²) in [6, 6.07) is 15.5. The Kier molecular flexibility index (Phi) is 6.51. The second-order valence-corrected chi connectivity index (χ2v) is 9.09. The van der Waals surface area contributed by atoms with Crippen molar-refractivity contribution in [2.45, 2.75) is 13.3 Å². The Labute approximate surface area is 213 Å². The van der Waals surface area contributed by atoms with Gasteiger partial charge in [-0.25, -0.2) is 9.97 Å². The van der Waals surface area contributed by atoms with E-state index in [4.69, 9.17) is 4.98 Å². The summed E-state index contributed by atoms with van der Waals surface area (Å²) in [6.45, 7) is 1.97. The normalized spacial score (nSPS) is 12.3. The van der Waals surface area contributed by atoms with Gasteiger partial charge in [-0.1, -0.05) is 30.3 Å². The van der Waals surface area contributed by atoms with Crippen LogP contribution in [0.25, 0.3) is 28.1 Å². The number of hydrogen-bond donors (Lipinski definition) is 2. The molecule has 1 unspecified atom stereocenters. The number of carbonyl (C=O) groups excluding carboxylic acids is 1. The maximum absolute atomic E-state index is 13.0. The summed E-state index contributed by atoms with van der Waals surface area (Å²) in [7, 11) is 3.45. The highest BCUT2D eigenvalue weighted by Gasteiger charge is 2.20. The SMILES string of the molecule is Cc1cc(-n2ccnc2)cc2[nH]c(-c3c(N=CC(Cc4ccccc4)C(=O)N(C)C)cc[nH]c3=O)nc12. The number of pyridine rings is 1. The largest absolute Gasteiger partial charge is 0.348 e. The molecule has 0 fully saturated rings. The van der Waals surface area contributed by atoms with Crippen LogP contribution in [0.4, 0.5) is 5.69 Å². The Bertz CT molecular complexity index is 1630. The Hall–Kier alpha value is -4.79. The first-order valence-corrected chi connectivity index (χ1v) is 11.9. The van der Waals surface area contributed by atoms with Gasteiger partial charge in [-0.05, 0) is 42.7 Å². The van der Waals surface area contributed by atoms with Gasteiger partial charge in [0.2, 0.25) is 5.91 Å². The molecule has 37 heavy (non-hydrogen) atoms. The van der Waals surface area contributed by atoms with Gasteiger partial charge in [0.05, 0.1) is 29.0 Å². The van der Waals surface area contributed by atoms with Crippen molar-refractivity contribution in [2.24, 2.45) is 10.9 Å². The number of fused-ring (bicyclic) bond motifs is 1. The van der Waals surface area contributed by atoms with Crippen LogP contribution >= 0.6 is 0 Å². The third-order valence-corrected chi connectivity index (χ3v) is 6.19. The fraction of sp³-hybridized carbons (Fsp3) is 0.179. The van der Waals surface area contributed by atoms with Gasteiger partial charge in [-0.2, -0.15) is 0 Å². The predicted molar refractivity (Wildman–Crippen MR) is 144 cm³/mol. The summed E-state index contributed by atoms with van der Waals surface area (Å²) in [4.78, 5) is 46.9. The number of benzene rings is 2. The first kappa shape index (κ1) is 23.9. The molecule has 9 heteroatoms. The molecule has 1 atom stereocenters. The van der Waals surface area contributed by atoms with E-state index in [0.717, 1.165) is 27.8 Å². The molecule has 0 aliphatic carbocycles. The lowest BCUT2D eigenvalue weighted by Crippen LogP contribution is -2.31. The van der Waals surface area contributed by atoms with E-state index in [1.165, 1.54) is 0 Å². The molecule has 5 aromatic rings. The van der Waals surface area contributed by atoms with E-state index in [-0.39, 0.29) is 11.5 Å². The number of amides is 1. The molecule has 0 radical (unpaired) electrons. The molecule has 186 valence electrons. The molecule has 2 aromatic carbocycles. The van der Waals surface area contributed by atoms with E-state index in [9.17, 15) is 9.59 Å². The summed E-state index contributed by atoms with van der Waals surface area (Å²) >= 11 is 0. The number of aromatic amines is 2. The van der Waals surface area contributed by atoms with Crippen molar-refractivity contribution in [3.05, 3.63) is 94.9 Å². The van der Waals surface area contributed by atoms with Crippen molar-refractivity contribution >= 4 is 28.8 Å². The van der Waals surface area contributed by atoms with E-state index >= 15 is 0 Å². The minimum absolute atomic E-state index is 0.0645. The summed E-state index contributed by atoms with van der Waals surface area (Å²) in [5, 5.41) is 0. The van der Waals surface area contributed by atoms with Crippen LogP contribution < -0.4 is 5.56 Å². The number of nitrogens with one attached hydrogen (secondary N) is 2. The molecule has 9 nitrogen and oxygen atoms in total. The highest BCUT2D eigenvalue weighted by molar-refractivity contribution is 5.95. The van der Waals surface area contributed by atoms with Crippen molar-refractivity contribution < 1.29 is 4.79 Å². The number of H-pyrrole nitrogens is 2. The maximum atomic E-state index is 13.0. The Morgan fingerprint density at radius 3 is 2.73 bits per heavy atom. The standard InChI is InChI=1S/C28H27N7O2/c1-18-13-21(35-12-11-29-17-35)15-23-25(18)33-26(32-23)24-22(9-10-30-27(24)36)31-16-20(28(37)34(2)3)14-19-7-5-4-6-8-19/h4-13,15-17,20H,14H2,1-3H3,(H,30,36)(H,32,33). The molecule has 3 heterocycles. The second kappa shape index (κ2) is 10.1. The van der Waals surface area contributed by atoms with Gasteiger partial charge in [0.1, 0.15) is 11.4 Å². The van der Waals surface area contributed by atoms with Gasteiger partial charge < -0.3 is 19.4 Å². The molecule has 5 rings (SSSR count). The highest BCUT2D eigenvalue weighted by Crippen LogP contribution is 2.29. The lowest BCUT2D eigenvalue weighted by molar-refractivity contribution is -0.130. The topological polar surface area (TPSA) is 112 Å². The third kappa shape index (κ3) is 4.97. The average molecular weight is 494 g/mol. The average Bonchev–Trinajstić information content (AvgIpc) is 3.57. The molecular formula is C28H27N7O2. The van der Waals surface area contributed by atoms with Crippen LogP contribution in [0.15, 0.2) is 83.2 Å². The molecule has 0 saturated heterocycles. The predicted octanol–water partition coefficient (Wildman–Crippen LogP) is 4.06. The van der Waals surface area contributed by atoms with E-state index in [1.807, 2.05) is 60.2 Å². The summed E-state index contributed by atoms with van der Waals surface area (Å²) in [5.74, 6) is -0.140. The number of imidazole rings is 2. The highest BCUT2D eigenvalue weighted by atomic mass is 16.2. The van der Waals surface area contributed by atoms with Gasteiger partial charge in [-0.3, -0.25) is 14.6 Å². The van der Waals surface area contributed by atoms with Gasteiger partial charge in [0.15, 0.2) is 0 Å². The summed E-state index contributed by atoms with van der Waals surface area (Å²) in [5.41, 5.74) is 4.91. The number of aromatic nitrogens is 5. The lowest BCUT2D eigenvalue weighted by atomic mass is 9.99. The Morgan fingerprint density at radius 2 is 2.00 bits per heavy atom. The molecule has 0 aliphatic heterocycles. The number of rotatable bonds is 7. The van der Waals surface area contributed by atoms with Crippen LogP contribution in [0.2, 0.25) is 0 Å². The fourth-order valence-corrected chi connectivity index (χ4v) is 4.33. The molecule has 0 saturated carbocycles. The van der Waals surface area contributed by atoms with E-state index in [0.29, 0.717) is 23.5 Å². The van der Waals surface area contributed by atoms with Crippen molar-refractivity contribution in [3.8, 4) is 17.1 Å². The van der Waals surface area contributed by atoms with E-state index < -0.39 is 5.92 Å². The van der Waals surface area contributed by atoms with Crippen LogP contribution in [-0.4, -0.2) is 55.6 Å². The molecular weight excluding hydrogens is 466 g/mol. The van der Waals surface area contributed by atoms with Crippen molar-refractivity contribution in [2.75, 3.05) is 14.1 Å². The van der Waals surface area contributed by atoms with Crippen LogP contribution in [0, 0.1) is 12.8 Å². The zero-order chi connectivity index (χ0) is 25.9. The molecule has 3 aromatic heterocycles. The van der Waals surface area contributed by atoms with Crippen molar-refractivity contribution in [1.82, 2.24) is 29.4 Å². The Balaban J connectivity index is 1.54. The molecule has 0 aliphatic rings. The van der Waals surface area contributed by atoms with E-state index in [2.05, 4.69) is 19.9 Å². The first-order chi connectivity index (χ1) is 17.9. The maximum Gasteiger partial charge on any atom is 0.261 e. The number of carbonyl (C=O) groups is 1. The van der Waals surface area contributed by atoms with Crippen molar-refractivity contribution in [1.29, 1.82) is 0 Å². The number of aryl methyl sites for hydroxylation is 1. The van der Waals surface area contributed by atoms with Gasteiger partial charge in [0.25, 0.3) is 5.56 Å². The zero-order valence-corrected chi connectivity index (χ0v) is 20.8. The van der Waals surface area contributed by atoms with Gasteiger partial charge in [0, 0.05) is 44.6 Å². The zero-order valence-electron chi connectivity index (χ0n) is 20.8. The molecule has 0 bridgehead atoms. The summed E-state index contributed by atoms with van der Waals surface area (Å²) in [6.07, 6.45) is 8.99. The van der Waals surface area contributed by atoms with Crippen LogP contribution in [-0.2, 0) is 11.2 Å². The molecule has 0 spiro atoms. The van der Waals surface area contributed by atoms with Crippen LogP contribution in [0.3, 0.4) is 0 Å². The number of aliphatic imine (C=N–C) groups is 1. The lowest BCUT2D eigenvalue weighted by Gasteiger charge is -2.17. The number of nitrogens with zero attached hydrogens (tertiary/aromatic N) is 5. The fourth-order valence-electron chi connectivity index (χ4n) is 4.33. The monoisotopic (exact) mass is 493 g/mol. The van der Waals surface area contributed by atoms with Gasteiger partial charge >= 0.3 is 0 Å². The number of hydrogen-bond acceptors (Lipinski definition) is 5. The Morgan fingerprint density at radius 1 is 1.19 bits per heavy atom. The first-order valence-electron chi connectivity index (χ1n) is 11.9. The second-order valence-electron chi connectivity index (χ2n) is 9.09. The van der Waals surface area contributed by atoms with Crippen molar-refractivity contribution in [3.63, 3.8) is 0 Å². The minimum Gasteiger partial charge on any atom is -0.348 e. The quantitative estimate of drug-likeness (QED) is 0.333.